The van der Waals surface area contributed by atoms with E-state index in [0.29, 0.717) is 25.4 Å². The highest BCUT2D eigenvalue weighted by Gasteiger charge is 2.29. The van der Waals surface area contributed by atoms with E-state index < -0.39 is 5.60 Å². The fourth-order valence-electron chi connectivity index (χ4n) is 1.96. The number of amides is 1. The molecule has 6 heteroatoms. The SMILES string of the molecule is CC(C)(C)OC(=O)N1CCOC(c2cc(N)ccn2)C1. The predicted molar refractivity (Wildman–Crippen MR) is 75.1 cm³/mol. The zero-order chi connectivity index (χ0) is 14.8. The van der Waals surface area contributed by atoms with Crippen LogP contribution >= 0.6 is 0 Å². The van der Waals surface area contributed by atoms with Crippen molar-refractivity contribution in [3.63, 3.8) is 0 Å². The lowest BCUT2D eigenvalue weighted by Crippen LogP contribution is -2.44. The maximum absolute atomic E-state index is 12.1. The van der Waals surface area contributed by atoms with Gasteiger partial charge in [-0.1, -0.05) is 0 Å². The Morgan fingerprint density at radius 3 is 2.95 bits per heavy atom. The average molecular weight is 279 g/mol. The molecular formula is C14H21N3O3. The molecule has 1 atom stereocenters. The van der Waals surface area contributed by atoms with E-state index in [1.807, 2.05) is 20.8 Å². The van der Waals surface area contributed by atoms with Crippen LogP contribution in [0, 0.1) is 0 Å². The van der Waals surface area contributed by atoms with Gasteiger partial charge in [-0.2, -0.15) is 0 Å². The molecule has 0 aliphatic carbocycles. The second-order valence-electron chi connectivity index (χ2n) is 5.80. The molecule has 2 rings (SSSR count). The molecule has 1 aromatic rings. The Balaban J connectivity index is 2.03. The van der Waals surface area contributed by atoms with Gasteiger partial charge in [-0.05, 0) is 32.9 Å². The zero-order valence-electron chi connectivity index (χ0n) is 12.1. The van der Waals surface area contributed by atoms with Gasteiger partial charge in [0.2, 0.25) is 0 Å². The molecule has 1 amide bonds. The summed E-state index contributed by atoms with van der Waals surface area (Å²) in [5.74, 6) is 0. The minimum absolute atomic E-state index is 0.264. The van der Waals surface area contributed by atoms with Crippen molar-refractivity contribution in [2.24, 2.45) is 0 Å². The Morgan fingerprint density at radius 1 is 1.55 bits per heavy atom. The molecule has 1 aromatic heterocycles. The van der Waals surface area contributed by atoms with Gasteiger partial charge < -0.3 is 20.1 Å². The summed E-state index contributed by atoms with van der Waals surface area (Å²) in [6.45, 7) is 6.95. The van der Waals surface area contributed by atoms with Gasteiger partial charge >= 0.3 is 6.09 Å². The van der Waals surface area contributed by atoms with E-state index in [1.54, 1.807) is 23.2 Å². The summed E-state index contributed by atoms with van der Waals surface area (Å²) in [6, 6.07) is 3.49. The first-order chi connectivity index (χ1) is 9.35. The molecule has 1 fully saturated rings. The third-order valence-electron chi connectivity index (χ3n) is 2.85. The van der Waals surface area contributed by atoms with Gasteiger partial charge in [0, 0.05) is 18.4 Å². The summed E-state index contributed by atoms with van der Waals surface area (Å²) in [5.41, 5.74) is 6.61. The number of nitrogen functional groups attached to an aromatic ring is 1. The smallest absolute Gasteiger partial charge is 0.410 e. The van der Waals surface area contributed by atoms with Crippen LogP contribution in [0.3, 0.4) is 0 Å². The maximum Gasteiger partial charge on any atom is 0.410 e. The fourth-order valence-corrected chi connectivity index (χ4v) is 1.96. The molecule has 6 nitrogen and oxygen atoms in total. The molecule has 2 N–H and O–H groups in total. The zero-order valence-corrected chi connectivity index (χ0v) is 12.1. The lowest BCUT2D eigenvalue weighted by Gasteiger charge is -2.34. The standard InChI is InChI=1S/C14H21N3O3/c1-14(2,3)20-13(18)17-6-7-19-12(9-17)11-8-10(15)4-5-16-11/h4-5,8,12H,6-7,9H2,1-3H3,(H2,15,16). The third kappa shape index (κ3) is 3.84. The van der Waals surface area contributed by atoms with E-state index in [2.05, 4.69) is 4.98 Å². The number of morpholine rings is 1. The van der Waals surface area contributed by atoms with E-state index in [1.165, 1.54) is 0 Å². The molecule has 1 aliphatic rings. The van der Waals surface area contributed by atoms with E-state index >= 15 is 0 Å². The number of pyridine rings is 1. The molecule has 0 spiro atoms. The van der Waals surface area contributed by atoms with Crippen LogP contribution in [0.5, 0.6) is 0 Å². The van der Waals surface area contributed by atoms with Crippen LogP contribution in [0.15, 0.2) is 18.3 Å². The average Bonchev–Trinajstić information content (AvgIpc) is 2.37. The lowest BCUT2D eigenvalue weighted by molar-refractivity contribution is -0.0446. The highest BCUT2D eigenvalue weighted by atomic mass is 16.6. The summed E-state index contributed by atoms with van der Waals surface area (Å²) in [4.78, 5) is 18.0. The quantitative estimate of drug-likeness (QED) is 0.850. The number of anilines is 1. The Bertz CT molecular complexity index is 485. The first-order valence-corrected chi connectivity index (χ1v) is 6.66. The molecule has 0 bridgehead atoms. The number of hydrogen-bond acceptors (Lipinski definition) is 5. The number of carbonyl (C=O) groups is 1. The number of aromatic nitrogens is 1. The molecule has 0 saturated carbocycles. The van der Waals surface area contributed by atoms with Crippen LogP contribution in [0.2, 0.25) is 0 Å². The number of carbonyl (C=O) groups excluding carboxylic acids is 1. The van der Waals surface area contributed by atoms with Crippen molar-refractivity contribution < 1.29 is 14.3 Å². The minimum Gasteiger partial charge on any atom is -0.444 e. The molecule has 1 aliphatic heterocycles. The van der Waals surface area contributed by atoms with E-state index in [-0.39, 0.29) is 12.2 Å². The van der Waals surface area contributed by atoms with Gasteiger partial charge in [-0.15, -0.1) is 0 Å². The number of hydrogen-bond donors (Lipinski definition) is 1. The second kappa shape index (κ2) is 5.66. The van der Waals surface area contributed by atoms with E-state index in [0.717, 1.165) is 5.69 Å². The number of nitrogens with zero attached hydrogens (tertiary/aromatic N) is 2. The highest BCUT2D eigenvalue weighted by Crippen LogP contribution is 2.23. The van der Waals surface area contributed by atoms with Crippen LogP contribution in [0.4, 0.5) is 10.5 Å². The van der Waals surface area contributed by atoms with Crippen LogP contribution < -0.4 is 5.73 Å². The van der Waals surface area contributed by atoms with Gasteiger partial charge in [0.05, 0.1) is 18.8 Å². The van der Waals surface area contributed by atoms with Crippen LogP contribution in [-0.4, -0.2) is 41.3 Å². The number of ether oxygens (including phenoxy) is 2. The summed E-state index contributed by atoms with van der Waals surface area (Å²) in [7, 11) is 0. The first kappa shape index (κ1) is 14.6. The van der Waals surface area contributed by atoms with E-state index in [9.17, 15) is 4.79 Å². The Kier molecular flexibility index (Phi) is 4.13. The minimum atomic E-state index is -0.500. The molecule has 2 heterocycles. The fraction of sp³-hybridized carbons (Fsp3) is 0.571. The van der Waals surface area contributed by atoms with Crippen molar-refractivity contribution in [1.29, 1.82) is 0 Å². The van der Waals surface area contributed by atoms with Crippen molar-refractivity contribution in [2.75, 3.05) is 25.4 Å². The molecule has 0 aromatic carbocycles. The molecule has 0 radical (unpaired) electrons. The molecule has 1 saturated heterocycles. The molecule has 110 valence electrons. The van der Waals surface area contributed by atoms with Gasteiger partial charge in [-0.25, -0.2) is 4.79 Å². The normalized spacial score (nSPS) is 19.8. The van der Waals surface area contributed by atoms with Crippen molar-refractivity contribution in [3.05, 3.63) is 24.0 Å². The maximum atomic E-state index is 12.1. The van der Waals surface area contributed by atoms with Gasteiger partial charge in [-0.3, -0.25) is 4.98 Å². The Labute approximate surface area is 118 Å². The van der Waals surface area contributed by atoms with Crippen LogP contribution in [-0.2, 0) is 9.47 Å². The van der Waals surface area contributed by atoms with Crippen molar-refractivity contribution in [1.82, 2.24) is 9.88 Å². The second-order valence-corrected chi connectivity index (χ2v) is 5.80. The highest BCUT2D eigenvalue weighted by molar-refractivity contribution is 5.68. The first-order valence-electron chi connectivity index (χ1n) is 6.66. The van der Waals surface area contributed by atoms with Crippen molar-refractivity contribution in [3.8, 4) is 0 Å². The van der Waals surface area contributed by atoms with Crippen molar-refractivity contribution in [2.45, 2.75) is 32.5 Å². The molecular weight excluding hydrogens is 258 g/mol. The molecule has 20 heavy (non-hydrogen) atoms. The van der Waals surface area contributed by atoms with Gasteiger partial charge in [0.15, 0.2) is 0 Å². The van der Waals surface area contributed by atoms with Crippen LogP contribution in [0.1, 0.15) is 32.6 Å². The molecule has 1 unspecified atom stereocenters. The van der Waals surface area contributed by atoms with Crippen molar-refractivity contribution >= 4 is 11.8 Å². The Morgan fingerprint density at radius 2 is 2.30 bits per heavy atom. The summed E-state index contributed by atoms with van der Waals surface area (Å²) in [6.07, 6.45) is 1.05. The largest absolute Gasteiger partial charge is 0.444 e. The van der Waals surface area contributed by atoms with Crippen LogP contribution in [0.25, 0.3) is 0 Å². The third-order valence-corrected chi connectivity index (χ3v) is 2.85. The lowest BCUT2D eigenvalue weighted by atomic mass is 10.2. The van der Waals surface area contributed by atoms with Gasteiger partial charge in [0.1, 0.15) is 11.7 Å². The predicted octanol–water partition coefficient (Wildman–Crippen LogP) is 1.97. The van der Waals surface area contributed by atoms with E-state index in [4.69, 9.17) is 15.2 Å². The Hall–Kier alpha value is -1.82. The topological polar surface area (TPSA) is 77.7 Å². The van der Waals surface area contributed by atoms with Gasteiger partial charge in [0.25, 0.3) is 0 Å². The number of nitrogens with two attached hydrogens (primary N) is 1. The number of rotatable bonds is 1. The summed E-state index contributed by atoms with van der Waals surface area (Å²) < 4.78 is 11.0. The summed E-state index contributed by atoms with van der Waals surface area (Å²) >= 11 is 0. The monoisotopic (exact) mass is 279 g/mol. The summed E-state index contributed by atoms with van der Waals surface area (Å²) in [5, 5.41) is 0.